The molecule has 2 rings (SSSR count). The highest BCUT2D eigenvalue weighted by Gasteiger charge is 2.19. The normalized spacial score (nSPS) is 13.2. The molecule has 2 aromatic rings. The van der Waals surface area contributed by atoms with E-state index in [4.69, 9.17) is 0 Å². The van der Waals surface area contributed by atoms with Crippen molar-refractivity contribution in [3.05, 3.63) is 42.0 Å². The van der Waals surface area contributed by atoms with Gasteiger partial charge in [-0.05, 0) is 31.2 Å². The van der Waals surface area contributed by atoms with E-state index in [1.807, 2.05) is 6.92 Å². The van der Waals surface area contributed by atoms with Gasteiger partial charge in [-0.2, -0.15) is 5.10 Å². The maximum atomic E-state index is 12.3. The first-order valence-corrected chi connectivity index (χ1v) is 8.18. The zero-order chi connectivity index (χ0) is 15.3. The van der Waals surface area contributed by atoms with Crippen molar-refractivity contribution in [2.24, 2.45) is 0 Å². The van der Waals surface area contributed by atoms with Crippen molar-refractivity contribution in [1.82, 2.24) is 25.2 Å². The summed E-state index contributed by atoms with van der Waals surface area (Å²) in [5, 5.41) is 9.54. The van der Waals surface area contributed by atoms with Crippen molar-refractivity contribution in [1.29, 1.82) is 0 Å². The fraction of sp³-hybridized carbons (Fsp3) is 0.385. The lowest BCUT2D eigenvalue weighted by Gasteiger charge is -2.12. The predicted octanol–water partition coefficient (Wildman–Crippen LogP) is 0.954. The number of aromatic amines is 1. The van der Waals surface area contributed by atoms with E-state index in [1.165, 1.54) is 6.33 Å². The number of benzene rings is 1. The largest absolute Gasteiger partial charge is 0.313 e. The highest BCUT2D eigenvalue weighted by atomic mass is 32.2. The van der Waals surface area contributed by atoms with Crippen LogP contribution in [0.1, 0.15) is 31.3 Å². The molecular weight excluding hydrogens is 290 g/mol. The van der Waals surface area contributed by atoms with Crippen molar-refractivity contribution >= 4 is 10.0 Å². The molecule has 0 amide bonds. The molecule has 0 aliphatic rings. The van der Waals surface area contributed by atoms with E-state index in [9.17, 15) is 8.42 Å². The number of hydrogen-bond acceptors (Lipinski definition) is 5. The van der Waals surface area contributed by atoms with Gasteiger partial charge in [0, 0.05) is 6.54 Å². The van der Waals surface area contributed by atoms with Gasteiger partial charge in [0.1, 0.15) is 12.2 Å². The predicted molar refractivity (Wildman–Crippen MR) is 78.9 cm³/mol. The topological polar surface area (TPSA) is 99.8 Å². The van der Waals surface area contributed by atoms with Crippen LogP contribution in [0, 0.1) is 0 Å². The number of H-pyrrole nitrogens is 1. The minimum atomic E-state index is -3.58. The van der Waals surface area contributed by atoms with Gasteiger partial charge in [0.2, 0.25) is 10.0 Å². The van der Waals surface area contributed by atoms with Crippen molar-refractivity contribution in [3.63, 3.8) is 0 Å². The van der Waals surface area contributed by atoms with E-state index < -0.39 is 16.1 Å². The summed E-state index contributed by atoms with van der Waals surface area (Å²) >= 11 is 0. The first-order chi connectivity index (χ1) is 10.0. The second-order valence-electron chi connectivity index (χ2n) is 4.64. The van der Waals surface area contributed by atoms with Crippen LogP contribution < -0.4 is 10.0 Å². The molecule has 0 saturated carbocycles. The molecule has 1 aromatic heterocycles. The molecule has 1 unspecified atom stereocenters. The standard InChI is InChI=1S/C13H19N5O2S/c1-3-14-8-11-4-6-12(7-5-11)21(19,20)18-10(2)13-15-9-16-17-13/h4-7,9-10,14,18H,3,8H2,1-2H3,(H,15,16,17). The number of aromatic nitrogens is 3. The van der Waals surface area contributed by atoms with Crippen molar-refractivity contribution in [2.75, 3.05) is 6.54 Å². The fourth-order valence-electron chi connectivity index (χ4n) is 1.84. The van der Waals surface area contributed by atoms with Crippen LogP contribution in [-0.4, -0.2) is 30.1 Å². The van der Waals surface area contributed by atoms with E-state index >= 15 is 0 Å². The van der Waals surface area contributed by atoms with Gasteiger partial charge in [0.15, 0.2) is 0 Å². The van der Waals surface area contributed by atoms with E-state index in [2.05, 4.69) is 25.2 Å². The van der Waals surface area contributed by atoms with Gasteiger partial charge in [-0.3, -0.25) is 5.10 Å². The summed E-state index contributed by atoms with van der Waals surface area (Å²) in [5.74, 6) is 0.474. The molecule has 7 nitrogen and oxygen atoms in total. The van der Waals surface area contributed by atoms with Gasteiger partial charge >= 0.3 is 0 Å². The van der Waals surface area contributed by atoms with Gasteiger partial charge in [-0.15, -0.1) is 0 Å². The number of sulfonamides is 1. The van der Waals surface area contributed by atoms with Crippen LogP contribution in [0.15, 0.2) is 35.5 Å². The number of nitrogens with zero attached hydrogens (tertiary/aromatic N) is 2. The Labute approximate surface area is 124 Å². The molecule has 21 heavy (non-hydrogen) atoms. The molecule has 1 aromatic carbocycles. The van der Waals surface area contributed by atoms with E-state index in [0.717, 1.165) is 18.7 Å². The average molecular weight is 309 g/mol. The lowest BCUT2D eigenvalue weighted by atomic mass is 10.2. The molecule has 1 heterocycles. The summed E-state index contributed by atoms with van der Waals surface area (Å²) in [6, 6.07) is 6.33. The van der Waals surface area contributed by atoms with Crippen molar-refractivity contribution in [3.8, 4) is 0 Å². The van der Waals surface area contributed by atoms with Gasteiger partial charge < -0.3 is 5.32 Å². The van der Waals surface area contributed by atoms with E-state index in [0.29, 0.717) is 5.82 Å². The van der Waals surface area contributed by atoms with E-state index in [1.54, 1.807) is 31.2 Å². The average Bonchev–Trinajstić information content (AvgIpc) is 2.99. The Morgan fingerprint density at radius 1 is 1.29 bits per heavy atom. The highest BCUT2D eigenvalue weighted by Crippen LogP contribution is 2.14. The molecule has 0 bridgehead atoms. The molecule has 0 spiro atoms. The zero-order valence-electron chi connectivity index (χ0n) is 12.0. The third-order valence-electron chi connectivity index (χ3n) is 2.99. The second-order valence-corrected chi connectivity index (χ2v) is 6.35. The summed E-state index contributed by atoms with van der Waals surface area (Å²) in [5.41, 5.74) is 1.04. The molecule has 8 heteroatoms. The third-order valence-corrected chi connectivity index (χ3v) is 4.55. The summed E-state index contributed by atoms with van der Waals surface area (Å²) in [7, 11) is -3.58. The Kier molecular flexibility index (Phi) is 5.05. The van der Waals surface area contributed by atoms with E-state index in [-0.39, 0.29) is 4.90 Å². The first-order valence-electron chi connectivity index (χ1n) is 6.70. The molecule has 114 valence electrons. The van der Waals surface area contributed by atoms with Crippen molar-refractivity contribution in [2.45, 2.75) is 31.3 Å². The Morgan fingerprint density at radius 3 is 2.57 bits per heavy atom. The third kappa shape index (κ3) is 4.10. The number of rotatable bonds is 7. The fourth-order valence-corrected chi connectivity index (χ4v) is 3.04. The second kappa shape index (κ2) is 6.79. The number of hydrogen-bond donors (Lipinski definition) is 3. The summed E-state index contributed by atoms with van der Waals surface area (Å²) in [4.78, 5) is 4.17. The van der Waals surface area contributed by atoms with Gasteiger partial charge in [-0.1, -0.05) is 19.1 Å². The monoisotopic (exact) mass is 309 g/mol. The Morgan fingerprint density at radius 2 is 2.00 bits per heavy atom. The first kappa shape index (κ1) is 15.6. The van der Waals surface area contributed by atoms with Crippen molar-refractivity contribution < 1.29 is 8.42 Å². The Balaban J connectivity index is 2.08. The molecule has 3 N–H and O–H groups in total. The molecule has 0 fully saturated rings. The minimum absolute atomic E-state index is 0.231. The van der Waals surface area contributed by atoms with Gasteiger partial charge in [0.05, 0.1) is 10.9 Å². The minimum Gasteiger partial charge on any atom is -0.313 e. The SMILES string of the molecule is CCNCc1ccc(S(=O)(=O)NC(C)c2ncn[nH]2)cc1. The van der Waals surface area contributed by atoms with Crippen LogP contribution in [0.4, 0.5) is 0 Å². The van der Waals surface area contributed by atoms with Crippen LogP contribution in [0.25, 0.3) is 0 Å². The van der Waals surface area contributed by atoms with Crippen LogP contribution in [0.2, 0.25) is 0 Å². The van der Waals surface area contributed by atoms with Crippen LogP contribution in [0.3, 0.4) is 0 Å². The molecular formula is C13H19N5O2S. The highest BCUT2D eigenvalue weighted by molar-refractivity contribution is 7.89. The maximum Gasteiger partial charge on any atom is 0.241 e. The molecule has 1 atom stereocenters. The Hall–Kier alpha value is -1.77. The van der Waals surface area contributed by atoms with Crippen LogP contribution in [-0.2, 0) is 16.6 Å². The van der Waals surface area contributed by atoms with Crippen LogP contribution >= 0.6 is 0 Å². The zero-order valence-corrected chi connectivity index (χ0v) is 12.8. The molecule has 0 saturated heterocycles. The smallest absolute Gasteiger partial charge is 0.241 e. The van der Waals surface area contributed by atoms with Crippen LogP contribution in [0.5, 0.6) is 0 Å². The molecule has 0 aliphatic heterocycles. The lowest BCUT2D eigenvalue weighted by Crippen LogP contribution is -2.27. The lowest BCUT2D eigenvalue weighted by molar-refractivity contribution is 0.560. The molecule has 0 radical (unpaired) electrons. The summed E-state index contributed by atoms with van der Waals surface area (Å²) < 4.78 is 27.1. The summed E-state index contributed by atoms with van der Waals surface area (Å²) in [6.07, 6.45) is 1.34. The molecule has 0 aliphatic carbocycles. The summed E-state index contributed by atoms with van der Waals surface area (Å²) in [6.45, 7) is 5.32. The van der Waals surface area contributed by atoms with Gasteiger partial charge in [0.25, 0.3) is 0 Å². The van der Waals surface area contributed by atoms with Gasteiger partial charge in [-0.25, -0.2) is 18.1 Å². The Bertz CT molecular complexity index is 652. The maximum absolute atomic E-state index is 12.3. The number of nitrogens with one attached hydrogen (secondary N) is 3. The quantitative estimate of drug-likeness (QED) is 0.707.